The Kier molecular flexibility index (Phi) is 5.04. The molecule has 0 aromatic heterocycles. The van der Waals surface area contributed by atoms with Crippen molar-refractivity contribution < 1.29 is 0 Å². The van der Waals surface area contributed by atoms with E-state index in [9.17, 15) is 0 Å². The van der Waals surface area contributed by atoms with E-state index in [2.05, 4.69) is 22.5 Å². The molecule has 2 atom stereocenters. The SMILES string of the molecule is CCCCNC(=S)NC1CCN2CCCCC12. The maximum absolute atomic E-state index is 5.36. The second kappa shape index (κ2) is 6.55. The van der Waals surface area contributed by atoms with Crippen molar-refractivity contribution in [3.63, 3.8) is 0 Å². The number of hydrogen-bond donors (Lipinski definition) is 2. The zero-order valence-electron chi connectivity index (χ0n) is 10.9. The topological polar surface area (TPSA) is 27.3 Å². The molecule has 2 N–H and O–H groups in total. The molecule has 2 unspecified atom stereocenters. The molecule has 2 aliphatic heterocycles. The van der Waals surface area contributed by atoms with Crippen LogP contribution >= 0.6 is 12.2 Å². The van der Waals surface area contributed by atoms with E-state index in [0.717, 1.165) is 17.7 Å². The molecule has 0 radical (unpaired) electrons. The van der Waals surface area contributed by atoms with Crippen LogP contribution in [0, 0.1) is 0 Å². The van der Waals surface area contributed by atoms with Gasteiger partial charge in [0, 0.05) is 25.2 Å². The van der Waals surface area contributed by atoms with Crippen LogP contribution in [-0.4, -0.2) is 41.7 Å². The van der Waals surface area contributed by atoms with Gasteiger partial charge in [-0.1, -0.05) is 19.8 Å². The largest absolute Gasteiger partial charge is 0.363 e. The number of rotatable bonds is 4. The summed E-state index contributed by atoms with van der Waals surface area (Å²) in [7, 11) is 0. The predicted octanol–water partition coefficient (Wildman–Crippen LogP) is 1.88. The van der Waals surface area contributed by atoms with Crippen LogP contribution in [0.15, 0.2) is 0 Å². The first-order valence-corrected chi connectivity index (χ1v) is 7.50. The zero-order valence-corrected chi connectivity index (χ0v) is 11.7. The third kappa shape index (κ3) is 3.55. The maximum atomic E-state index is 5.36. The summed E-state index contributed by atoms with van der Waals surface area (Å²) >= 11 is 5.36. The lowest BCUT2D eigenvalue weighted by molar-refractivity contribution is 0.185. The van der Waals surface area contributed by atoms with Crippen molar-refractivity contribution in [1.82, 2.24) is 15.5 Å². The van der Waals surface area contributed by atoms with Crippen LogP contribution in [0.4, 0.5) is 0 Å². The van der Waals surface area contributed by atoms with E-state index in [1.165, 1.54) is 51.6 Å². The van der Waals surface area contributed by atoms with Crippen LogP contribution in [0.5, 0.6) is 0 Å². The van der Waals surface area contributed by atoms with Gasteiger partial charge < -0.3 is 10.6 Å². The van der Waals surface area contributed by atoms with Gasteiger partial charge in [0.05, 0.1) is 0 Å². The van der Waals surface area contributed by atoms with Crippen molar-refractivity contribution in [2.75, 3.05) is 19.6 Å². The highest BCUT2D eigenvalue weighted by Crippen LogP contribution is 2.26. The second-order valence-electron chi connectivity index (χ2n) is 5.25. The molecule has 0 aliphatic carbocycles. The molecule has 0 bridgehead atoms. The number of hydrogen-bond acceptors (Lipinski definition) is 2. The molecular formula is C13H25N3S. The smallest absolute Gasteiger partial charge is 0.166 e. The Bertz CT molecular complexity index is 257. The summed E-state index contributed by atoms with van der Waals surface area (Å²) in [4.78, 5) is 2.63. The van der Waals surface area contributed by atoms with Crippen molar-refractivity contribution in [1.29, 1.82) is 0 Å². The molecule has 2 heterocycles. The van der Waals surface area contributed by atoms with Crippen LogP contribution in [-0.2, 0) is 0 Å². The molecule has 98 valence electrons. The van der Waals surface area contributed by atoms with Gasteiger partial charge in [0.25, 0.3) is 0 Å². The van der Waals surface area contributed by atoms with E-state index in [-0.39, 0.29) is 0 Å². The predicted molar refractivity (Wildman–Crippen MR) is 76.3 cm³/mol. The lowest BCUT2D eigenvalue weighted by Gasteiger charge is -2.33. The molecule has 2 aliphatic rings. The number of nitrogens with one attached hydrogen (secondary N) is 2. The van der Waals surface area contributed by atoms with Crippen molar-refractivity contribution in [2.24, 2.45) is 0 Å². The third-order valence-corrected chi connectivity index (χ3v) is 4.25. The van der Waals surface area contributed by atoms with Crippen LogP contribution in [0.2, 0.25) is 0 Å². The average Bonchev–Trinajstić information content (AvgIpc) is 2.73. The summed E-state index contributed by atoms with van der Waals surface area (Å²) in [5.41, 5.74) is 0. The van der Waals surface area contributed by atoms with Gasteiger partial charge in [-0.15, -0.1) is 0 Å². The van der Waals surface area contributed by atoms with Gasteiger partial charge in [-0.3, -0.25) is 4.90 Å². The minimum absolute atomic E-state index is 0.580. The van der Waals surface area contributed by atoms with E-state index in [0.29, 0.717) is 6.04 Å². The Morgan fingerprint density at radius 2 is 2.18 bits per heavy atom. The molecule has 0 spiro atoms. The number of fused-ring (bicyclic) bond motifs is 1. The van der Waals surface area contributed by atoms with Crippen molar-refractivity contribution in [2.45, 2.75) is 57.5 Å². The Labute approximate surface area is 110 Å². The van der Waals surface area contributed by atoms with E-state index in [4.69, 9.17) is 12.2 Å². The molecule has 0 aromatic rings. The Morgan fingerprint density at radius 3 is 3.00 bits per heavy atom. The zero-order chi connectivity index (χ0) is 12.1. The molecular weight excluding hydrogens is 230 g/mol. The van der Waals surface area contributed by atoms with Crippen LogP contribution < -0.4 is 10.6 Å². The van der Waals surface area contributed by atoms with Gasteiger partial charge in [0.15, 0.2) is 5.11 Å². The fraction of sp³-hybridized carbons (Fsp3) is 0.923. The average molecular weight is 255 g/mol. The highest BCUT2D eigenvalue weighted by molar-refractivity contribution is 7.80. The van der Waals surface area contributed by atoms with Gasteiger partial charge in [-0.05, 0) is 44.4 Å². The summed E-state index contributed by atoms with van der Waals surface area (Å²) < 4.78 is 0. The number of thiocarbonyl (C=S) groups is 1. The molecule has 17 heavy (non-hydrogen) atoms. The van der Waals surface area contributed by atoms with E-state index in [1.54, 1.807) is 0 Å². The summed E-state index contributed by atoms with van der Waals surface area (Å²) in [5.74, 6) is 0. The summed E-state index contributed by atoms with van der Waals surface area (Å²) in [6.45, 7) is 5.75. The van der Waals surface area contributed by atoms with E-state index >= 15 is 0 Å². The maximum Gasteiger partial charge on any atom is 0.166 e. The quantitative estimate of drug-likeness (QED) is 0.592. The van der Waals surface area contributed by atoms with Gasteiger partial charge in [-0.2, -0.15) is 0 Å². The molecule has 2 rings (SSSR count). The third-order valence-electron chi connectivity index (χ3n) is 3.99. The summed E-state index contributed by atoms with van der Waals surface area (Å²) in [6.07, 6.45) is 7.77. The van der Waals surface area contributed by atoms with Crippen molar-refractivity contribution in [3.05, 3.63) is 0 Å². The fourth-order valence-corrected chi connectivity index (χ4v) is 3.27. The normalized spacial score (nSPS) is 28.8. The number of piperidine rings is 1. The Hall–Kier alpha value is -0.350. The summed E-state index contributed by atoms with van der Waals surface area (Å²) in [5, 5.41) is 7.68. The van der Waals surface area contributed by atoms with E-state index < -0.39 is 0 Å². The molecule has 3 nitrogen and oxygen atoms in total. The Balaban J connectivity index is 1.73. The van der Waals surface area contributed by atoms with Crippen LogP contribution in [0.1, 0.15) is 45.4 Å². The first kappa shape index (κ1) is 13.1. The Morgan fingerprint density at radius 1 is 1.29 bits per heavy atom. The fourth-order valence-electron chi connectivity index (χ4n) is 3.01. The number of nitrogens with zero attached hydrogens (tertiary/aromatic N) is 1. The second-order valence-corrected chi connectivity index (χ2v) is 5.66. The molecule has 0 amide bonds. The molecule has 2 saturated heterocycles. The van der Waals surface area contributed by atoms with Crippen molar-refractivity contribution >= 4 is 17.3 Å². The molecule has 0 aromatic carbocycles. The van der Waals surface area contributed by atoms with Gasteiger partial charge in [-0.25, -0.2) is 0 Å². The summed E-state index contributed by atoms with van der Waals surface area (Å²) in [6, 6.07) is 1.31. The van der Waals surface area contributed by atoms with Gasteiger partial charge in [0.1, 0.15) is 0 Å². The molecule has 2 fully saturated rings. The van der Waals surface area contributed by atoms with E-state index in [1.807, 2.05) is 0 Å². The van der Waals surface area contributed by atoms with Crippen LogP contribution in [0.25, 0.3) is 0 Å². The first-order chi connectivity index (χ1) is 8.31. The monoisotopic (exact) mass is 255 g/mol. The van der Waals surface area contributed by atoms with Gasteiger partial charge >= 0.3 is 0 Å². The minimum atomic E-state index is 0.580. The highest BCUT2D eigenvalue weighted by atomic mass is 32.1. The van der Waals surface area contributed by atoms with Crippen LogP contribution in [0.3, 0.4) is 0 Å². The highest BCUT2D eigenvalue weighted by Gasteiger charge is 2.35. The standard InChI is InChI=1S/C13H25N3S/c1-2-3-8-14-13(17)15-11-7-10-16-9-5-4-6-12(11)16/h11-12H,2-10H2,1H3,(H2,14,15,17). The lowest BCUT2D eigenvalue weighted by atomic mass is 9.99. The van der Waals surface area contributed by atoms with Crippen molar-refractivity contribution in [3.8, 4) is 0 Å². The number of unbranched alkanes of at least 4 members (excludes halogenated alkanes) is 1. The minimum Gasteiger partial charge on any atom is -0.363 e. The first-order valence-electron chi connectivity index (χ1n) is 7.09. The van der Waals surface area contributed by atoms with Gasteiger partial charge in [0.2, 0.25) is 0 Å². The lowest BCUT2D eigenvalue weighted by Crippen LogP contribution is -2.49. The molecule has 4 heteroatoms. The molecule has 0 saturated carbocycles.